The summed E-state index contributed by atoms with van der Waals surface area (Å²) in [5.41, 5.74) is 2.64. The van der Waals surface area contributed by atoms with Gasteiger partial charge >= 0.3 is 5.97 Å². The van der Waals surface area contributed by atoms with Crippen LogP contribution in [0.1, 0.15) is 6.42 Å². The number of carbonyl (C=O) groups is 1. The molecule has 0 fully saturated rings. The molecule has 2 N–H and O–H groups in total. The molecule has 2 aliphatic rings. The lowest BCUT2D eigenvalue weighted by molar-refractivity contribution is -0.140. The Hall–Kier alpha value is -3.22. The molecule has 7 nitrogen and oxygen atoms in total. The quantitative estimate of drug-likeness (QED) is 0.434. The van der Waals surface area contributed by atoms with Crippen LogP contribution in [0.25, 0.3) is 22.2 Å². The number of hydrogen-bond donors (Lipinski definition) is 2. The Morgan fingerprint density at radius 3 is 2.75 bits per heavy atom. The number of esters is 1. The minimum absolute atomic E-state index is 0.00933. The standard InChI is InChI=1S/C17H16N3O4/c1-24-15(21)9-10-18-17-11-5-2-3-6-12(11)19-13-7-4-8-14(16(13)17)20(22)23/h2-8,18-19H,9-10H2,1H3/q-1. The van der Waals surface area contributed by atoms with Crippen molar-refractivity contribution in [1.29, 1.82) is 0 Å². The largest absolute Gasteiger partial charge is 0.612 e. The van der Waals surface area contributed by atoms with E-state index in [2.05, 4.69) is 15.0 Å². The molecule has 0 saturated carbocycles. The number of aromatic nitrogens is 1. The lowest BCUT2D eigenvalue weighted by Gasteiger charge is -2.17. The van der Waals surface area contributed by atoms with Crippen molar-refractivity contribution in [3.8, 4) is 11.3 Å². The Morgan fingerprint density at radius 1 is 1.21 bits per heavy atom. The SMILES string of the molecule is COC(=O)CCNc1c2c(=[N+]([O-])[O-])cccc-2[nH]c2ccccc12. The van der Waals surface area contributed by atoms with E-state index in [4.69, 9.17) is 0 Å². The van der Waals surface area contributed by atoms with Gasteiger partial charge in [-0.3, -0.25) is 4.79 Å². The van der Waals surface area contributed by atoms with Crippen LogP contribution in [0, 0.1) is 10.4 Å². The number of ether oxygens (including phenoxy) is 1. The highest BCUT2D eigenvalue weighted by Crippen LogP contribution is 2.32. The second-order valence-corrected chi connectivity index (χ2v) is 5.26. The van der Waals surface area contributed by atoms with Crippen molar-refractivity contribution < 1.29 is 9.53 Å². The van der Waals surface area contributed by atoms with Crippen LogP contribution in [0.15, 0.2) is 42.5 Å². The third-order valence-corrected chi connectivity index (χ3v) is 3.81. The Balaban J connectivity index is 2.21. The van der Waals surface area contributed by atoms with Gasteiger partial charge in [-0.2, -0.15) is 4.90 Å². The molecule has 1 aromatic carbocycles. The van der Waals surface area contributed by atoms with Crippen molar-refractivity contribution in [2.45, 2.75) is 6.42 Å². The number of hydrogen-bond acceptors (Lipinski definition) is 5. The van der Waals surface area contributed by atoms with Gasteiger partial charge in [-0.15, -0.1) is 0 Å². The molecule has 0 atom stereocenters. The third kappa shape index (κ3) is 2.83. The number of nitrogens with one attached hydrogen (secondary N) is 2. The van der Waals surface area contributed by atoms with Gasteiger partial charge in [-0.05, 0) is 12.1 Å². The fraction of sp³-hybridized carbons (Fsp3) is 0.176. The van der Waals surface area contributed by atoms with E-state index in [1.165, 1.54) is 13.2 Å². The summed E-state index contributed by atoms with van der Waals surface area (Å²) < 4.78 is 4.63. The first-order chi connectivity index (χ1) is 11.6. The van der Waals surface area contributed by atoms with E-state index in [0.29, 0.717) is 23.5 Å². The van der Waals surface area contributed by atoms with Crippen LogP contribution < -0.4 is 15.6 Å². The molecule has 0 unspecified atom stereocenters. The van der Waals surface area contributed by atoms with Gasteiger partial charge in [0, 0.05) is 23.5 Å². The van der Waals surface area contributed by atoms with E-state index < -0.39 is 4.90 Å². The van der Waals surface area contributed by atoms with Crippen LogP contribution in [0.2, 0.25) is 0 Å². The number of nitrogens with zero attached hydrogens (tertiary/aromatic N) is 1. The average molecular weight is 326 g/mol. The number of anilines is 1. The highest BCUT2D eigenvalue weighted by molar-refractivity contribution is 6.00. The van der Waals surface area contributed by atoms with Crippen molar-refractivity contribution in [3.63, 3.8) is 0 Å². The van der Waals surface area contributed by atoms with Gasteiger partial charge in [0.2, 0.25) is 5.36 Å². The predicted molar refractivity (Wildman–Crippen MR) is 92.0 cm³/mol. The Labute approximate surface area is 137 Å². The zero-order chi connectivity index (χ0) is 17.1. The van der Waals surface area contributed by atoms with E-state index >= 15 is 0 Å². The maximum absolute atomic E-state index is 11.4. The number of carbonyl (C=O) groups excluding carboxylic acids is 1. The van der Waals surface area contributed by atoms with Gasteiger partial charge < -0.3 is 25.5 Å². The summed E-state index contributed by atoms with van der Waals surface area (Å²) in [6, 6.07) is 12.4. The summed E-state index contributed by atoms with van der Waals surface area (Å²) in [4.78, 5) is 14.1. The van der Waals surface area contributed by atoms with Crippen LogP contribution >= 0.6 is 0 Å². The number of pyridine rings is 1. The third-order valence-electron chi connectivity index (χ3n) is 3.81. The van der Waals surface area contributed by atoms with Crippen molar-refractivity contribution in [1.82, 2.24) is 9.89 Å². The molecule has 7 heteroatoms. The molecule has 3 rings (SSSR count). The molecule has 1 aliphatic carbocycles. The fourth-order valence-electron chi connectivity index (χ4n) is 2.72. The number of methoxy groups -OCH3 is 1. The van der Waals surface area contributed by atoms with Crippen LogP contribution in [-0.4, -0.2) is 24.6 Å². The molecule has 0 saturated heterocycles. The van der Waals surface area contributed by atoms with Crippen LogP contribution in [0.4, 0.5) is 5.69 Å². The zero-order valence-electron chi connectivity index (χ0n) is 13.0. The first-order valence-electron chi connectivity index (χ1n) is 7.43. The molecule has 0 amide bonds. The molecule has 0 bridgehead atoms. The molecular formula is C17H16N3O4-. The summed E-state index contributed by atoms with van der Waals surface area (Å²) in [7, 11) is 1.33. The van der Waals surface area contributed by atoms with Crippen molar-refractivity contribution >= 4 is 22.6 Å². The van der Waals surface area contributed by atoms with Gasteiger partial charge in [0.05, 0.1) is 30.5 Å². The molecule has 0 spiro atoms. The first kappa shape index (κ1) is 15.7. The summed E-state index contributed by atoms with van der Waals surface area (Å²) in [5, 5.41) is 26.8. The molecule has 0 aromatic heterocycles. The minimum atomic E-state index is -0.406. The summed E-state index contributed by atoms with van der Waals surface area (Å²) in [6.45, 7) is 0.321. The summed E-state index contributed by atoms with van der Waals surface area (Å²) in [6.07, 6.45) is 0.172. The maximum atomic E-state index is 11.4. The van der Waals surface area contributed by atoms with Crippen LogP contribution in [-0.2, 0) is 9.53 Å². The zero-order valence-corrected chi connectivity index (χ0v) is 13.0. The lowest BCUT2D eigenvalue weighted by atomic mass is 10.0. The Kier molecular flexibility index (Phi) is 4.24. The smallest absolute Gasteiger partial charge is 0.307 e. The normalized spacial score (nSPS) is 10.7. The van der Waals surface area contributed by atoms with Gasteiger partial charge in [0.1, 0.15) is 0 Å². The number of aromatic amines is 1. The van der Waals surface area contributed by atoms with E-state index in [-0.39, 0.29) is 17.7 Å². The number of fused-ring (bicyclic) bond motifs is 2. The van der Waals surface area contributed by atoms with Gasteiger partial charge in [0.25, 0.3) is 0 Å². The second-order valence-electron chi connectivity index (χ2n) is 5.26. The van der Waals surface area contributed by atoms with Gasteiger partial charge in [0.15, 0.2) is 0 Å². The molecule has 124 valence electrons. The summed E-state index contributed by atoms with van der Waals surface area (Å²) >= 11 is 0. The van der Waals surface area contributed by atoms with Gasteiger partial charge in [-0.25, -0.2) is 0 Å². The van der Waals surface area contributed by atoms with Crippen molar-refractivity contribution in [3.05, 3.63) is 58.2 Å². The number of benzene rings is 2. The highest BCUT2D eigenvalue weighted by Gasteiger charge is 2.17. The van der Waals surface area contributed by atoms with Crippen molar-refractivity contribution in [2.24, 2.45) is 0 Å². The minimum Gasteiger partial charge on any atom is -0.612 e. The number of para-hydroxylation sites is 1. The van der Waals surface area contributed by atoms with Crippen LogP contribution in [0.5, 0.6) is 0 Å². The fourth-order valence-corrected chi connectivity index (χ4v) is 2.72. The topological polar surface area (TPSA) is 103 Å². The molecule has 1 aliphatic heterocycles. The van der Waals surface area contributed by atoms with E-state index in [0.717, 1.165) is 10.9 Å². The second kappa shape index (κ2) is 6.49. The van der Waals surface area contributed by atoms with E-state index in [1.807, 2.05) is 24.3 Å². The Morgan fingerprint density at radius 2 is 2.00 bits per heavy atom. The highest BCUT2D eigenvalue weighted by atomic mass is 16.8. The lowest BCUT2D eigenvalue weighted by Crippen LogP contribution is -2.23. The molecule has 0 radical (unpaired) electrons. The van der Waals surface area contributed by atoms with Gasteiger partial charge in [-0.1, -0.05) is 24.3 Å². The number of rotatable bonds is 4. The van der Waals surface area contributed by atoms with Crippen LogP contribution in [0.3, 0.4) is 0 Å². The first-order valence-corrected chi connectivity index (χ1v) is 7.43. The Bertz CT molecular complexity index is 929. The maximum Gasteiger partial charge on any atom is 0.307 e. The van der Waals surface area contributed by atoms with E-state index in [9.17, 15) is 15.2 Å². The van der Waals surface area contributed by atoms with E-state index in [1.54, 1.807) is 12.1 Å². The van der Waals surface area contributed by atoms with Crippen molar-refractivity contribution in [2.75, 3.05) is 19.0 Å². The summed E-state index contributed by atoms with van der Waals surface area (Å²) in [5.74, 6) is -0.340. The number of H-pyrrole nitrogens is 1. The molecule has 1 aromatic rings. The average Bonchev–Trinajstić information content (AvgIpc) is 2.60. The molecular weight excluding hydrogens is 310 g/mol. The monoisotopic (exact) mass is 326 g/mol. The molecule has 24 heavy (non-hydrogen) atoms. The predicted octanol–water partition coefficient (Wildman–Crippen LogP) is 2.02. The molecule has 1 heterocycles.